The number of carbonyl (C=O) groups is 1. The van der Waals surface area contributed by atoms with Gasteiger partial charge in [0.15, 0.2) is 15.6 Å². The minimum Gasteiger partial charge on any atom is -0.511 e. The third-order valence-corrected chi connectivity index (χ3v) is 6.66. The van der Waals surface area contributed by atoms with Crippen LogP contribution in [0, 0.1) is 5.92 Å². The molecule has 0 spiro atoms. The number of oxime groups is 1. The number of sulfone groups is 1. The quantitative estimate of drug-likeness (QED) is 0.368. The summed E-state index contributed by atoms with van der Waals surface area (Å²) in [6.45, 7) is 5.24. The largest absolute Gasteiger partial charge is 0.511 e. The van der Waals surface area contributed by atoms with Crippen LogP contribution in [0.3, 0.4) is 0 Å². The summed E-state index contributed by atoms with van der Waals surface area (Å²) in [5.41, 5.74) is 1.89. The molecule has 0 fully saturated rings. The Kier molecular flexibility index (Phi) is 8.65. The van der Waals surface area contributed by atoms with Crippen molar-refractivity contribution >= 4 is 32.9 Å². The minimum atomic E-state index is -3.15. The predicted molar refractivity (Wildman–Crippen MR) is 99.6 cm³/mol. The van der Waals surface area contributed by atoms with Crippen LogP contribution in [0.25, 0.3) is 0 Å². The molecule has 0 saturated heterocycles. The van der Waals surface area contributed by atoms with Gasteiger partial charge in [-0.3, -0.25) is 4.79 Å². The van der Waals surface area contributed by atoms with Crippen LogP contribution in [-0.2, 0) is 19.5 Å². The number of hydrogen-bond acceptors (Lipinski definition) is 6. The summed E-state index contributed by atoms with van der Waals surface area (Å²) in [6.07, 6.45) is 2.81. The molecule has 2 atom stereocenters. The van der Waals surface area contributed by atoms with Crippen molar-refractivity contribution in [1.29, 1.82) is 0 Å². The van der Waals surface area contributed by atoms with E-state index in [1.54, 1.807) is 19.9 Å². The Morgan fingerprint density at radius 1 is 1.44 bits per heavy atom. The van der Waals surface area contributed by atoms with Crippen LogP contribution < -0.4 is 0 Å². The van der Waals surface area contributed by atoms with Crippen molar-refractivity contribution in [3.05, 3.63) is 22.9 Å². The first-order valence-corrected chi connectivity index (χ1v) is 10.5. The van der Waals surface area contributed by atoms with Gasteiger partial charge in [0, 0.05) is 24.1 Å². The van der Waals surface area contributed by atoms with E-state index in [2.05, 4.69) is 5.16 Å². The summed E-state index contributed by atoms with van der Waals surface area (Å²) < 4.78 is 23.8. The lowest BCUT2D eigenvalue weighted by molar-refractivity contribution is -0.116. The van der Waals surface area contributed by atoms with Crippen LogP contribution in [-0.4, -0.2) is 42.6 Å². The molecule has 1 aliphatic rings. The first-order chi connectivity index (χ1) is 11.8. The van der Waals surface area contributed by atoms with E-state index < -0.39 is 15.1 Å². The molecule has 1 rings (SSSR count). The number of aliphatic hydroxyl groups is 1. The van der Waals surface area contributed by atoms with Crippen molar-refractivity contribution in [2.24, 2.45) is 11.1 Å². The molecule has 6 nitrogen and oxygen atoms in total. The minimum absolute atomic E-state index is 0.0422. The highest BCUT2D eigenvalue weighted by atomic mass is 35.5. The zero-order valence-electron chi connectivity index (χ0n) is 14.9. The molecule has 0 amide bonds. The molecule has 0 bridgehead atoms. The van der Waals surface area contributed by atoms with E-state index in [4.69, 9.17) is 16.4 Å². The van der Waals surface area contributed by atoms with Crippen LogP contribution in [0.5, 0.6) is 0 Å². The maximum Gasteiger partial charge on any atom is 0.168 e. The standard InChI is InChI=1S/C17H26ClNO5S/c1-4-14(19-24-8-6-7-18)17-15(20)10-13(11-16(17)21)9-12(3)25(22,23)5-2/h6-7,12-13,20H,4-5,8-11H2,1-3H3/b7-6+,19-14-/t12-,13-/m0/s1. The zero-order valence-corrected chi connectivity index (χ0v) is 16.4. The Hall–Kier alpha value is -1.34. The first-order valence-electron chi connectivity index (χ1n) is 8.38. The summed E-state index contributed by atoms with van der Waals surface area (Å²) in [6, 6.07) is 0. The van der Waals surface area contributed by atoms with Gasteiger partial charge in [0.2, 0.25) is 0 Å². The molecule has 0 saturated carbocycles. The first kappa shape index (κ1) is 21.7. The normalized spacial score (nSPS) is 21.0. The van der Waals surface area contributed by atoms with Gasteiger partial charge in [0.25, 0.3) is 0 Å². The highest BCUT2D eigenvalue weighted by molar-refractivity contribution is 7.91. The fourth-order valence-electron chi connectivity index (χ4n) is 2.85. The summed E-state index contributed by atoms with van der Waals surface area (Å²) in [4.78, 5) is 17.5. The van der Waals surface area contributed by atoms with E-state index in [1.807, 2.05) is 6.92 Å². The molecule has 0 aromatic carbocycles. The van der Waals surface area contributed by atoms with E-state index in [0.29, 0.717) is 18.6 Å². The number of nitrogens with zero attached hydrogens (tertiary/aromatic N) is 1. The van der Waals surface area contributed by atoms with Crippen LogP contribution in [0.2, 0.25) is 0 Å². The Morgan fingerprint density at radius 2 is 2.12 bits per heavy atom. The molecular weight excluding hydrogens is 366 g/mol. The fourth-order valence-corrected chi connectivity index (χ4v) is 4.06. The summed E-state index contributed by atoms with van der Waals surface area (Å²) in [5, 5.41) is 13.7. The number of aliphatic hydroxyl groups excluding tert-OH is 1. The lowest BCUT2D eigenvalue weighted by Gasteiger charge is -2.25. The molecule has 0 radical (unpaired) electrons. The maximum atomic E-state index is 12.5. The van der Waals surface area contributed by atoms with Gasteiger partial charge >= 0.3 is 0 Å². The Bertz CT molecular complexity index is 667. The number of halogens is 1. The molecule has 0 aromatic heterocycles. The van der Waals surface area contributed by atoms with E-state index in [-0.39, 0.29) is 48.2 Å². The van der Waals surface area contributed by atoms with Gasteiger partial charge in [-0.1, -0.05) is 30.6 Å². The Balaban J connectivity index is 2.89. The second kappa shape index (κ2) is 9.97. The number of allylic oxidation sites excluding steroid dienone is 2. The number of rotatable bonds is 9. The molecule has 25 heavy (non-hydrogen) atoms. The third kappa shape index (κ3) is 6.15. The summed E-state index contributed by atoms with van der Waals surface area (Å²) in [5.74, 6) is -0.389. The molecule has 0 aliphatic heterocycles. The Labute approximate surface area is 154 Å². The topological polar surface area (TPSA) is 93.0 Å². The van der Waals surface area contributed by atoms with Crippen molar-refractivity contribution in [2.75, 3.05) is 12.4 Å². The highest BCUT2D eigenvalue weighted by Gasteiger charge is 2.33. The van der Waals surface area contributed by atoms with Crippen LogP contribution in [0.15, 0.2) is 28.1 Å². The van der Waals surface area contributed by atoms with E-state index >= 15 is 0 Å². The number of hydrogen-bond donors (Lipinski definition) is 1. The van der Waals surface area contributed by atoms with Gasteiger partial charge in [-0.15, -0.1) is 0 Å². The van der Waals surface area contributed by atoms with Crippen molar-refractivity contribution < 1.29 is 23.2 Å². The fraction of sp³-hybridized carbons (Fsp3) is 0.647. The van der Waals surface area contributed by atoms with Gasteiger partial charge in [-0.25, -0.2) is 8.42 Å². The number of ketones is 1. The number of carbonyl (C=O) groups excluding carboxylic acids is 1. The van der Waals surface area contributed by atoms with Gasteiger partial charge in [-0.2, -0.15) is 0 Å². The molecule has 8 heteroatoms. The predicted octanol–water partition coefficient (Wildman–Crippen LogP) is 3.53. The zero-order chi connectivity index (χ0) is 19.0. The molecule has 1 aliphatic carbocycles. The van der Waals surface area contributed by atoms with Crippen LogP contribution in [0.1, 0.15) is 46.5 Å². The molecule has 0 heterocycles. The summed E-state index contributed by atoms with van der Waals surface area (Å²) >= 11 is 5.39. The van der Waals surface area contributed by atoms with Crippen molar-refractivity contribution in [1.82, 2.24) is 0 Å². The van der Waals surface area contributed by atoms with Crippen molar-refractivity contribution in [3.63, 3.8) is 0 Å². The molecule has 0 unspecified atom stereocenters. The van der Waals surface area contributed by atoms with E-state index in [9.17, 15) is 18.3 Å². The van der Waals surface area contributed by atoms with Crippen LogP contribution in [0.4, 0.5) is 0 Å². The second-order valence-electron chi connectivity index (χ2n) is 6.07. The van der Waals surface area contributed by atoms with Gasteiger partial charge in [0.1, 0.15) is 12.4 Å². The molecule has 0 aromatic rings. The van der Waals surface area contributed by atoms with Crippen molar-refractivity contribution in [3.8, 4) is 0 Å². The monoisotopic (exact) mass is 391 g/mol. The van der Waals surface area contributed by atoms with E-state index in [1.165, 1.54) is 5.54 Å². The average molecular weight is 392 g/mol. The average Bonchev–Trinajstić information content (AvgIpc) is 2.56. The van der Waals surface area contributed by atoms with Gasteiger partial charge < -0.3 is 9.94 Å². The van der Waals surface area contributed by atoms with E-state index in [0.717, 1.165) is 0 Å². The molecular formula is C17H26ClNO5S. The molecule has 1 N–H and O–H groups in total. The third-order valence-electron chi connectivity index (χ3n) is 4.26. The maximum absolute atomic E-state index is 12.5. The smallest absolute Gasteiger partial charge is 0.168 e. The lowest BCUT2D eigenvalue weighted by Crippen LogP contribution is -2.29. The molecule has 142 valence electrons. The lowest BCUT2D eigenvalue weighted by atomic mass is 9.82. The van der Waals surface area contributed by atoms with Gasteiger partial charge in [-0.05, 0) is 31.8 Å². The summed E-state index contributed by atoms with van der Waals surface area (Å²) in [7, 11) is -3.15. The number of Topliss-reactive ketones (excluding diaryl/α,β-unsaturated/α-hetero) is 1. The van der Waals surface area contributed by atoms with Crippen molar-refractivity contribution in [2.45, 2.75) is 51.7 Å². The Morgan fingerprint density at radius 3 is 2.64 bits per heavy atom. The van der Waals surface area contributed by atoms with Gasteiger partial charge in [0.05, 0.1) is 16.5 Å². The second-order valence-corrected chi connectivity index (χ2v) is 9.03. The SMILES string of the molecule is CC/C(=N/OC/C=C/Cl)C1=C(O)C[C@H](C[C@H](C)S(=O)(=O)CC)CC1=O. The van der Waals surface area contributed by atoms with Crippen LogP contribution >= 0.6 is 11.6 Å². The highest BCUT2D eigenvalue weighted by Crippen LogP contribution is 2.31.